The third-order valence-corrected chi connectivity index (χ3v) is 2.91. The fraction of sp³-hybridized carbons (Fsp3) is 1.00. The van der Waals surface area contributed by atoms with E-state index in [-0.39, 0.29) is 0 Å². The van der Waals surface area contributed by atoms with Crippen molar-refractivity contribution in [2.24, 2.45) is 0 Å². The summed E-state index contributed by atoms with van der Waals surface area (Å²) >= 11 is 0. The maximum absolute atomic E-state index is 2.39. The zero-order valence-corrected chi connectivity index (χ0v) is 7.40. The van der Waals surface area contributed by atoms with Crippen LogP contribution in [0.5, 0.6) is 0 Å². The first kappa shape index (κ1) is 8.06. The second kappa shape index (κ2) is 3.38. The van der Waals surface area contributed by atoms with E-state index < -0.39 is 0 Å². The van der Waals surface area contributed by atoms with Crippen LogP contribution in [0.25, 0.3) is 0 Å². The van der Waals surface area contributed by atoms with Crippen LogP contribution in [0.4, 0.5) is 0 Å². The van der Waals surface area contributed by atoms with Gasteiger partial charge in [0.15, 0.2) is 0 Å². The number of hydrogen-bond donors (Lipinski definition) is 0. The van der Waals surface area contributed by atoms with Crippen LogP contribution >= 0.6 is 0 Å². The molecule has 0 aromatic carbocycles. The van der Waals surface area contributed by atoms with E-state index in [2.05, 4.69) is 14.0 Å². The van der Waals surface area contributed by atoms with Crippen molar-refractivity contribution < 1.29 is 4.48 Å². The monoisotopic (exact) mass is 142 g/mol. The molecule has 0 atom stereocenters. The topological polar surface area (TPSA) is 0 Å². The molecule has 0 aromatic heterocycles. The van der Waals surface area contributed by atoms with Gasteiger partial charge in [-0.15, -0.1) is 0 Å². The van der Waals surface area contributed by atoms with E-state index >= 15 is 0 Å². The summed E-state index contributed by atoms with van der Waals surface area (Å²) in [5, 5.41) is 0. The molecule has 0 spiro atoms. The summed E-state index contributed by atoms with van der Waals surface area (Å²) in [5.74, 6) is 0. The summed E-state index contributed by atoms with van der Waals surface area (Å²) < 4.78 is 1.32. The molecule has 0 unspecified atom stereocenters. The van der Waals surface area contributed by atoms with Gasteiger partial charge >= 0.3 is 0 Å². The maximum atomic E-state index is 2.39. The molecule has 0 aromatic rings. The van der Waals surface area contributed by atoms with Crippen LogP contribution in [0.2, 0.25) is 0 Å². The first-order valence-corrected chi connectivity index (χ1v) is 4.60. The summed E-state index contributed by atoms with van der Waals surface area (Å²) in [4.78, 5) is 0. The minimum atomic E-state index is 1.32. The third-order valence-electron chi connectivity index (χ3n) is 2.91. The molecule has 1 nitrogen and oxygen atoms in total. The predicted molar refractivity (Wildman–Crippen MR) is 44.9 cm³/mol. The zero-order chi connectivity index (χ0) is 7.45. The molecule has 0 aliphatic carbocycles. The van der Waals surface area contributed by atoms with Crippen molar-refractivity contribution in [3.63, 3.8) is 0 Å². The fourth-order valence-electron chi connectivity index (χ4n) is 1.77. The van der Waals surface area contributed by atoms with E-state index in [0.717, 1.165) is 0 Å². The van der Waals surface area contributed by atoms with Crippen LogP contribution in [0.1, 0.15) is 32.6 Å². The quantitative estimate of drug-likeness (QED) is 0.491. The van der Waals surface area contributed by atoms with Crippen molar-refractivity contribution in [1.82, 2.24) is 0 Å². The van der Waals surface area contributed by atoms with E-state index in [0.29, 0.717) is 0 Å². The van der Waals surface area contributed by atoms with Gasteiger partial charge in [-0.1, -0.05) is 0 Å². The molecule has 0 bridgehead atoms. The highest BCUT2D eigenvalue weighted by Gasteiger charge is 2.19. The normalized spacial score (nSPS) is 25.8. The van der Waals surface area contributed by atoms with E-state index in [1.165, 1.54) is 49.8 Å². The first-order valence-electron chi connectivity index (χ1n) is 4.60. The van der Waals surface area contributed by atoms with Gasteiger partial charge in [0, 0.05) is 0 Å². The molecular formula is C9H20N+. The lowest BCUT2D eigenvalue weighted by atomic mass is 10.2. The van der Waals surface area contributed by atoms with E-state index in [9.17, 15) is 0 Å². The van der Waals surface area contributed by atoms with Crippen molar-refractivity contribution in [3.05, 3.63) is 0 Å². The predicted octanol–water partition coefficient (Wildman–Crippen LogP) is 2.03. The average molecular weight is 142 g/mol. The lowest BCUT2D eigenvalue weighted by Crippen LogP contribution is -2.44. The van der Waals surface area contributed by atoms with Crippen molar-refractivity contribution in [2.75, 3.05) is 26.7 Å². The molecular weight excluding hydrogens is 122 g/mol. The number of nitrogens with zero attached hydrogens (tertiary/aromatic N) is 1. The number of quaternary nitrogens is 1. The van der Waals surface area contributed by atoms with Gasteiger partial charge in [-0.2, -0.15) is 0 Å². The van der Waals surface area contributed by atoms with Crippen LogP contribution in [-0.2, 0) is 0 Å². The molecule has 1 fully saturated rings. The van der Waals surface area contributed by atoms with E-state index in [1.54, 1.807) is 0 Å². The highest BCUT2D eigenvalue weighted by Crippen LogP contribution is 2.14. The molecule has 1 aliphatic rings. The van der Waals surface area contributed by atoms with Gasteiger partial charge in [0.1, 0.15) is 0 Å². The standard InChI is InChI=1S/C9H20N/c1-3-10(2)8-6-4-5-7-9-10/h3-9H2,1-2H3/q+1. The molecule has 10 heavy (non-hydrogen) atoms. The Kier molecular flexibility index (Phi) is 2.72. The Labute approximate surface area is 64.6 Å². The van der Waals surface area contributed by atoms with Gasteiger partial charge in [0.2, 0.25) is 0 Å². The second-order valence-corrected chi connectivity index (χ2v) is 3.80. The van der Waals surface area contributed by atoms with Gasteiger partial charge in [0.25, 0.3) is 0 Å². The van der Waals surface area contributed by atoms with Gasteiger partial charge in [0.05, 0.1) is 26.7 Å². The largest absolute Gasteiger partial charge is 0.326 e. The van der Waals surface area contributed by atoms with Crippen molar-refractivity contribution >= 4 is 0 Å². The van der Waals surface area contributed by atoms with E-state index in [4.69, 9.17) is 0 Å². The smallest absolute Gasteiger partial charge is 0.0784 e. The Hall–Kier alpha value is -0.0400. The summed E-state index contributed by atoms with van der Waals surface area (Å²) in [5.41, 5.74) is 0. The van der Waals surface area contributed by atoms with Crippen molar-refractivity contribution in [2.45, 2.75) is 32.6 Å². The number of hydrogen-bond acceptors (Lipinski definition) is 0. The highest BCUT2D eigenvalue weighted by atomic mass is 15.3. The number of likely N-dealkylation sites (tertiary alicyclic amines) is 1. The molecule has 1 saturated heterocycles. The Balaban J connectivity index is 2.41. The Morgan fingerprint density at radius 1 is 1.00 bits per heavy atom. The van der Waals surface area contributed by atoms with Gasteiger partial charge in [-0.3, -0.25) is 0 Å². The Bertz CT molecular complexity index is 90.9. The van der Waals surface area contributed by atoms with E-state index in [1.807, 2.05) is 0 Å². The van der Waals surface area contributed by atoms with Crippen LogP contribution in [0.3, 0.4) is 0 Å². The van der Waals surface area contributed by atoms with Crippen LogP contribution in [0.15, 0.2) is 0 Å². The van der Waals surface area contributed by atoms with Crippen molar-refractivity contribution in [1.29, 1.82) is 0 Å². The number of rotatable bonds is 1. The van der Waals surface area contributed by atoms with Gasteiger partial charge < -0.3 is 4.48 Å². The molecule has 1 rings (SSSR count). The fourth-order valence-corrected chi connectivity index (χ4v) is 1.77. The first-order chi connectivity index (χ1) is 4.77. The Morgan fingerprint density at radius 2 is 1.50 bits per heavy atom. The van der Waals surface area contributed by atoms with Gasteiger partial charge in [-0.05, 0) is 32.6 Å². The second-order valence-electron chi connectivity index (χ2n) is 3.80. The zero-order valence-electron chi connectivity index (χ0n) is 7.40. The maximum Gasteiger partial charge on any atom is 0.0784 e. The molecule has 0 saturated carbocycles. The molecule has 0 amide bonds. The Morgan fingerprint density at radius 3 is 1.90 bits per heavy atom. The molecule has 1 heterocycles. The molecule has 1 heteroatoms. The summed E-state index contributed by atoms with van der Waals surface area (Å²) in [7, 11) is 2.39. The van der Waals surface area contributed by atoms with Crippen LogP contribution < -0.4 is 0 Å². The van der Waals surface area contributed by atoms with Crippen molar-refractivity contribution in [3.8, 4) is 0 Å². The third kappa shape index (κ3) is 1.98. The molecule has 60 valence electrons. The molecule has 0 N–H and O–H groups in total. The molecule has 1 aliphatic heterocycles. The lowest BCUT2D eigenvalue weighted by molar-refractivity contribution is -0.907. The minimum Gasteiger partial charge on any atom is -0.326 e. The summed E-state index contributed by atoms with van der Waals surface area (Å²) in [6, 6.07) is 0. The summed E-state index contributed by atoms with van der Waals surface area (Å²) in [6.45, 7) is 6.46. The lowest BCUT2D eigenvalue weighted by Gasteiger charge is -2.31. The highest BCUT2D eigenvalue weighted by molar-refractivity contribution is 4.49. The van der Waals surface area contributed by atoms with Gasteiger partial charge in [-0.25, -0.2) is 0 Å². The molecule has 0 radical (unpaired) electrons. The minimum absolute atomic E-state index is 1.32. The van der Waals surface area contributed by atoms with Crippen LogP contribution in [0, 0.1) is 0 Å². The average Bonchev–Trinajstić information content (AvgIpc) is 2.15. The SMILES string of the molecule is CC[N+]1(C)CCCCCC1. The van der Waals surface area contributed by atoms with Crippen LogP contribution in [-0.4, -0.2) is 31.2 Å². The summed E-state index contributed by atoms with van der Waals surface area (Å²) in [6.07, 6.45) is 5.83.